The van der Waals surface area contributed by atoms with Gasteiger partial charge < -0.3 is 9.57 Å². The Morgan fingerprint density at radius 2 is 1.66 bits per heavy atom. The minimum Gasteiger partial charge on any atom is -0.464 e. The van der Waals surface area contributed by atoms with Crippen molar-refractivity contribution in [2.24, 2.45) is 10.3 Å². The van der Waals surface area contributed by atoms with E-state index in [1.54, 1.807) is 67.6 Å². The molecule has 3 aromatic rings. The zero-order valence-corrected chi connectivity index (χ0v) is 20.8. The van der Waals surface area contributed by atoms with Crippen molar-refractivity contribution in [1.82, 2.24) is 0 Å². The molecule has 0 saturated heterocycles. The number of hydrogen-bond acceptors (Lipinski definition) is 8. The maximum atomic E-state index is 12.7. The Hall–Kier alpha value is -3.69. The molecule has 0 N–H and O–H groups in total. The maximum Gasteiger partial charge on any atom is 0.360 e. The Morgan fingerprint density at radius 3 is 2.29 bits per heavy atom. The summed E-state index contributed by atoms with van der Waals surface area (Å²) in [7, 11) is -3.13. The number of oxime groups is 2. The molecule has 0 heterocycles. The number of ether oxygens (including phenoxy) is 1. The van der Waals surface area contributed by atoms with E-state index in [0.29, 0.717) is 16.1 Å². The third kappa shape index (κ3) is 6.46. The van der Waals surface area contributed by atoms with Crippen LogP contribution in [0.1, 0.15) is 35.3 Å². The van der Waals surface area contributed by atoms with Crippen molar-refractivity contribution in [2.75, 3.05) is 7.11 Å². The second kappa shape index (κ2) is 11.6. The van der Waals surface area contributed by atoms with Gasteiger partial charge in [0.05, 0.1) is 7.11 Å². The van der Waals surface area contributed by atoms with Crippen LogP contribution in [0.4, 0.5) is 0 Å². The highest BCUT2D eigenvalue weighted by Crippen LogP contribution is 2.31. The third-order valence-corrected chi connectivity index (χ3v) is 6.23. The molecule has 182 valence electrons. The molecular formula is C25H23ClN2O6S. The number of nitrogens with zero attached hydrogens (tertiary/aromatic N) is 2. The lowest BCUT2D eigenvalue weighted by molar-refractivity contribution is -0.132. The van der Waals surface area contributed by atoms with Crippen molar-refractivity contribution in [3.8, 4) is 0 Å². The van der Waals surface area contributed by atoms with Gasteiger partial charge in [0.1, 0.15) is 4.90 Å². The van der Waals surface area contributed by atoms with Crippen LogP contribution < -0.4 is 0 Å². The van der Waals surface area contributed by atoms with Crippen LogP contribution in [0.15, 0.2) is 88.0 Å². The third-order valence-electron chi connectivity index (χ3n) is 4.86. The van der Waals surface area contributed by atoms with E-state index in [2.05, 4.69) is 10.3 Å². The molecule has 0 aromatic heterocycles. The van der Waals surface area contributed by atoms with Gasteiger partial charge in [-0.25, -0.2) is 4.79 Å². The van der Waals surface area contributed by atoms with Crippen LogP contribution >= 0.6 is 11.6 Å². The molecule has 0 saturated carbocycles. The summed E-state index contributed by atoms with van der Waals surface area (Å²) in [6.45, 7) is 3.51. The van der Waals surface area contributed by atoms with Gasteiger partial charge >= 0.3 is 16.1 Å². The molecule has 0 radical (unpaired) electrons. The van der Waals surface area contributed by atoms with Gasteiger partial charge in [-0.15, -0.1) is 0 Å². The Bertz CT molecular complexity index is 1340. The summed E-state index contributed by atoms with van der Waals surface area (Å²) in [4.78, 5) is 18.3. The van der Waals surface area contributed by atoms with E-state index in [0.717, 1.165) is 12.7 Å². The molecule has 0 aliphatic heterocycles. The number of benzene rings is 3. The topological polar surface area (TPSA) is 104 Å². The van der Waals surface area contributed by atoms with Crippen LogP contribution in [0.3, 0.4) is 0 Å². The zero-order valence-electron chi connectivity index (χ0n) is 19.2. The quantitative estimate of drug-likeness (QED) is 0.225. The zero-order chi connectivity index (χ0) is 25.4. The molecule has 10 heteroatoms. The molecule has 1 unspecified atom stereocenters. The highest BCUT2D eigenvalue weighted by atomic mass is 35.5. The second-order valence-corrected chi connectivity index (χ2v) is 9.23. The fraction of sp³-hybridized carbons (Fsp3) is 0.160. The van der Waals surface area contributed by atoms with Crippen molar-refractivity contribution >= 4 is 39.6 Å². The molecule has 0 aliphatic carbocycles. The van der Waals surface area contributed by atoms with Crippen LogP contribution in [-0.2, 0) is 28.8 Å². The standard InChI is InChI=1S/C25H23ClN2O6S/c1-4-27-33-24(18-11-13-19(26)14-12-18)22-8-6-5-7-21(22)23(25(29)32-3)28-34-35(30,31)20-15-9-17(2)10-16-20/h4-16,24H,1-3H3. The number of carbonyl (C=O) groups excluding carboxylic acids is 1. The van der Waals surface area contributed by atoms with Gasteiger partial charge in [0.15, 0.2) is 11.8 Å². The van der Waals surface area contributed by atoms with E-state index in [4.69, 9.17) is 25.5 Å². The Balaban J connectivity index is 2.09. The largest absolute Gasteiger partial charge is 0.464 e. The minimum absolute atomic E-state index is 0.107. The Labute approximate surface area is 208 Å². The second-order valence-electron chi connectivity index (χ2n) is 7.26. The molecular weight excluding hydrogens is 492 g/mol. The Kier molecular flexibility index (Phi) is 8.62. The molecule has 3 aromatic carbocycles. The molecule has 0 fully saturated rings. The fourth-order valence-electron chi connectivity index (χ4n) is 3.13. The minimum atomic E-state index is -4.29. The van der Waals surface area contributed by atoms with Gasteiger partial charge in [-0.05, 0) is 43.7 Å². The lowest BCUT2D eigenvalue weighted by Gasteiger charge is -2.19. The van der Waals surface area contributed by atoms with Gasteiger partial charge in [-0.1, -0.05) is 76.0 Å². The summed E-state index contributed by atoms with van der Waals surface area (Å²) in [6.07, 6.45) is 0.696. The van der Waals surface area contributed by atoms with Gasteiger partial charge in [0, 0.05) is 22.4 Å². The first-order valence-electron chi connectivity index (χ1n) is 10.4. The van der Waals surface area contributed by atoms with Crippen molar-refractivity contribution in [1.29, 1.82) is 0 Å². The van der Waals surface area contributed by atoms with E-state index >= 15 is 0 Å². The monoisotopic (exact) mass is 514 g/mol. The highest BCUT2D eigenvalue weighted by Gasteiger charge is 2.27. The Morgan fingerprint density at radius 1 is 1.00 bits per heavy atom. The van der Waals surface area contributed by atoms with Crippen LogP contribution in [0.2, 0.25) is 5.02 Å². The lowest BCUT2D eigenvalue weighted by Crippen LogP contribution is -2.21. The van der Waals surface area contributed by atoms with Crippen LogP contribution in [0, 0.1) is 6.92 Å². The van der Waals surface area contributed by atoms with Crippen molar-refractivity contribution in [3.05, 3.63) is 100 Å². The summed E-state index contributed by atoms with van der Waals surface area (Å²) in [6, 6.07) is 19.6. The van der Waals surface area contributed by atoms with E-state index in [1.807, 2.05) is 6.92 Å². The lowest BCUT2D eigenvalue weighted by atomic mass is 9.94. The highest BCUT2D eigenvalue weighted by molar-refractivity contribution is 7.86. The number of halogens is 1. The summed E-state index contributed by atoms with van der Waals surface area (Å²) >= 11 is 6.03. The number of esters is 1. The molecule has 0 aliphatic rings. The van der Waals surface area contributed by atoms with Crippen LogP contribution in [0.5, 0.6) is 0 Å². The van der Waals surface area contributed by atoms with Gasteiger partial charge in [-0.2, -0.15) is 8.42 Å². The first-order valence-corrected chi connectivity index (χ1v) is 12.2. The summed E-state index contributed by atoms with van der Waals surface area (Å²) in [5.74, 6) is -0.898. The molecule has 0 bridgehead atoms. The first kappa shape index (κ1) is 25.9. The SMILES string of the molecule is CC=NOC(c1ccc(Cl)cc1)c1ccccc1C(=NOS(=O)(=O)c1ccc(C)cc1)C(=O)OC. The average Bonchev–Trinajstić information content (AvgIpc) is 2.86. The van der Waals surface area contributed by atoms with Gasteiger partial charge in [0.25, 0.3) is 0 Å². The number of aryl methyl sites for hydroxylation is 1. The van der Waals surface area contributed by atoms with Crippen molar-refractivity contribution in [2.45, 2.75) is 24.8 Å². The van der Waals surface area contributed by atoms with Gasteiger partial charge in [0.2, 0.25) is 0 Å². The number of hydrogen-bond donors (Lipinski definition) is 0. The molecule has 0 amide bonds. The summed E-state index contributed by atoms with van der Waals surface area (Å²) in [5.41, 5.74) is 1.91. The molecule has 1 atom stereocenters. The van der Waals surface area contributed by atoms with Crippen molar-refractivity contribution in [3.63, 3.8) is 0 Å². The van der Waals surface area contributed by atoms with E-state index in [-0.39, 0.29) is 16.2 Å². The average molecular weight is 515 g/mol. The predicted molar refractivity (Wildman–Crippen MR) is 133 cm³/mol. The number of methoxy groups -OCH3 is 1. The fourth-order valence-corrected chi connectivity index (χ4v) is 3.98. The van der Waals surface area contributed by atoms with E-state index in [9.17, 15) is 13.2 Å². The van der Waals surface area contributed by atoms with Gasteiger partial charge in [-0.3, -0.25) is 4.28 Å². The normalized spacial score (nSPS) is 12.9. The maximum absolute atomic E-state index is 12.7. The number of rotatable bonds is 9. The predicted octanol–water partition coefficient (Wildman–Crippen LogP) is 5.04. The van der Waals surface area contributed by atoms with Crippen molar-refractivity contribution < 1.29 is 27.1 Å². The van der Waals surface area contributed by atoms with Crippen LogP contribution in [0.25, 0.3) is 0 Å². The molecule has 8 nitrogen and oxygen atoms in total. The smallest absolute Gasteiger partial charge is 0.360 e. The first-order chi connectivity index (χ1) is 16.8. The molecule has 35 heavy (non-hydrogen) atoms. The molecule has 3 rings (SSSR count). The summed E-state index contributed by atoms with van der Waals surface area (Å²) < 4.78 is 35.1. The van der Waals surface area contributed by atoms with E-state index in [1.165, 1.54) is 18.3 Å². The van der Waals surface area contributed by atoms with Crippen LogP contribution in [-0.4, -0.2) is 33.4 Å². The summed E-state index contributed by atoms with van der Waals surface area (Å²) in [5, 5.41) is 8.14. The molecule has 0 spiro atoms. The van der Waals surface area contributed by atoms with E-state index < -0.39 is 22.2 Å². The number of carbonyl (C=O) groups is 1.